The van der Waals surface area contributed by atoms with Crippen molar-refractivity contribution in [3.63, 3.8) is 0 Å². The second-order valence-electron chi connectivity index (χ2n) is 7.58. The quantitative estimate of drug-likeness (QED) is 0.496. The predicted octanol–water partition coefficient (Wildman–Crippen LogP) is 3.55. The molecule has 0 saturated heterocycles. The van der Waals surface area contributed by atoms with Crippen LogP contribution in [0.2, 0.25) is 0 Å². The van der Waals surface area contributed by atoms with Crippen LogP contribution in [-0.2, 0) is 13.6 Å². The number of benzene rings is 1. The first-order valence-corrected chi connectivity index (χ1v) is 10.0. The first-order chi connectivity index (χ1) is 14.7. The van der Waals surface area contributed by atoms with E-state index in [9.17, 15) is 4.79 Å². The smallest absolute Gasteiger partial charge is 0.272 e. The van der Waals surface area contributed by atoms with Crippen molar-refractivity contribution in [3.8, 4) is 17.0 Å². The molecule has 3 heterocycles. The maximum absolute atomic E-state index is 13.5. The summed E-state index contributed by atoms with van der Waals surface area (Å²) in [6.45, 7) is 0.518. The van der Waals surface area contributed by atoms with Crippen molar-refractivity contribution in [2.45, 2.75) is 25.4 Å². The molecule has 0 atom stereocenters. The standard InChI is InChI=1S/C23H23N5O2/c1-26-20(13-19(25-26)18-7-3-4-8-21(18)30-2)23(29)28(16-10-11-16)15-17-14-24-22-9-5-6-12-27(17)22/h3-9,12-14,16H,10-11,15H2,1-2H3. The zero-order valence-corrected chi connectivity index (χ0v) is 17.0. The molecule has 5 rings (SSSR count). The molecule has 1 aliphatic carbocycles. The summed E-state index contributed by atoms with van der Waals surface area (Å²) < 4.78 is 9.16. The van der Waals surface area contributed by atoms with Crippen molar-refractivity contribution in [1.29, 1.82) is 0 Å². The van der Waals surface area contributed by atoms with Crippen LogP contribution in [0.15, 0.2) is 60.9 Å². The number of aromatic nitrogens is 4. The van der Waals surface area contributed by atoms with Gasteiger partial charge < -0.3 is 14.0 Å². The van der Waals surface area contributed by atoms with Crippen LogP contribution in [0.4, 0.5) is 0 Å². The van der Waals surface area contributed by atoms with E-state index in [-0.39, 0.29) is 11.9 Å². The van der Waals surface area contributed by atoms with E-state index < -0.39 is 0 Å². The van der Waals surface area contributed by atoms with Crippen LogP contribution >= 0.6 is 0 Å². The highest BCUT2D eigenvalue weighted by Crippen LogP contribution is 2.32. The predicted molar refractivity (Wildman–Crippen MR) is 113 cm³/mol. The van der Waals surface area contributed by atoms with Crippen LogP contribution in [-0.4, -0.2) is 43.1 Å². The highest BCUT2D eigenvalue weighted by Gasteiger charge is 2.35. The summed E-state index contributed by atoms with van der Waals surface area (Å²) in [4.78, 5) is 19.9. The average Bonchev–Trinajstić information content (AvgIpc) is 3.42. The van der Waals surface area contributed by atoms with E-state index in [1.54, 1.807) is 11.8 Å². The van der Waals surface area contributed by atoms with Gasteiger partial charge in [-0.05, 0) is 43.2 Å². The summed E-state index contributed by atoms with van der Waals surface area (Å²) in [5.41, 5.74) is 4.04. The molecule has 1 amide bonds. The van der Waals surface area contributed by atoms with Crippen molar-refractivity contribution in [2.24, 2.45) is 7.05 Å². The maximum atomic E-state index is 13.5. The lowest BCUT2D eigenvalue weighted by atomic mass is 10.1. The third-order valence-corrected chi connectivity index (χ3v) is 5.56. The number of carbonyl (C=O) groups excluding carboxylic acids is 1. The number of aryl methyl sites for hydroxylation is 1. The molecule has 0 radical (unpaired) electrons. The van der Waals surface area contributed by atoms with E-state index >= 15 is 0 Å². The maximum Gasteiger partial charge on any atom is 0.272 e. The number of hydrogen-bond acceptors (Lipinski definition) is 4. The first-order valence-electron chi connectivity index (χ1n) is 10.0. The lowest BCUT2D eigenvalue weighted by molar-refractivity contribution is 0.0716. The van der Waals surface area contributed by atoms with Crippen LogP contribution in [0.3, 0.4) is 0 Å². The van der Waals surface area contributed by atoms with Crippen LogP contribution < -0.4 is 4.74 Å². The third kappa shape index (κ3) is 3.22. The van der Waals surface area contributed by atoms with Gasteiger partial charge in [-0.2, -0.15) is 5.10 Å². The van der Waals surface area contributed by atoms with Crippen molar-refractivity contribution >= 4 is 11.6 Å². The van der Waals surface area contributed by atoms with Gasteiger partial charge in [0, 0.05) is 24.8 Å². The summed E-state index contributed by atoms with van der Waals surface area (Å²) >= 11 is 0. The summed E-state index contributed by atoms with van der Waals surface area (Å²) in [7, 11) is 3.45. The average molecular weight is 401 g/mol. The molecular weight excluding hydrogens is 378 g/mol. The fourth-order valence-electron chi connectivity index (χ4n) is 3.83. The Hall–Kier alpha value is -3.61. The van der Waals surface area contributed by atoms with E-state index in [0.717, 1.165) is 41.2 Å². The Morgan fingerprint density at radius 2 is 2.00 bits per heavy atom. The van der Waals surface area contributed by atoms with Gasteiger partial charge in [0.1, 0.15) is 17.1 Å². The zero-order valence-electron chi connectivity index (χ0n) is 17.0. The number of hydrogen-bond donors (Lipinski definition) is 0. The summed E-state index contributed by atoms with van der Waals surface area (Å²) in [5.74, 6) is 0.721. The van der Waals surface area contributed by atoms with E-state index in [1.165, 1.54) is 0 Å². The minimum Gasteiger partial charge on any atom is -0.496 e. The van der Waals surface area contributed by atoms with Gasteiger partial charge in [-0.3, -0.25) is 9.48 Å². The fraction of sp³-hybridized carbons (Fsp3) is 0.261. The van der Waals surface area contributed by atoms with Gasteiger partial charge in [0.2, 0.25) is 0 Å². The van der Waals surface area contributed by atoms with Crippen molar-refractivity contribution in [1.82, 2.24) is 24.1 Å². The molecule has 1 aliphatic rings. The van der Waals surface area contributed by atoms with Crippen molar-refractivity contribution in [2.75, 3.05) is 7.11 Å². The van der Waals surface area contributed by atoms with Gasteiger partial charge in [0.25, 0.3) is 5.91 Å². The molecule has 0 bridgehead atoms. The number of carbonyl (C=O) groups is 1. The highest BCUT2D eigenvalue weighted by atomic mass is 16.5. The molecule has 0 unspecified atom stereocenters. The first kappa shape index (κ1) is 18.4. The summed E-state index contributed by atoms with van der Waals surface area (Å²) in [6, 6.07) is 15.7. The van der Waals surface area contributed by atoms with Gasteiger partial charge in [-0.25, -0.2) is 4.98 Å². The number of imidazole rings is 1. The van der Waals surface area contributed by atoms with E-state index in [0.29, 0.717) is 12.2 Å². The molecule has 7 nitrogen and oxygen atoms in total. The van der Waals surface area contributed by atoms with E-state index in [1.807, 2.05) is 77.3 Å². The molecule has 0 N–H and O–H groups in total. The topological polar surface area (TPSA) is 64.7 Å². The number of amides is 1. The molecule has 4 aromatic rings. The summed E-state index contributed by atoms with van der Waals surface area (Å²) in [5, 5.41) is 4.59. The Morgan fingerprint density at radius 1 is 1.20 bits per heavy atom. The Bertz CT molecular complexity index is 1220. The largest absolute Gasteiger partial charge is 0.496 e. The molecule has 0 spiro atoms. The number of para-hydroxylation sites is 1. The molecule has 152 valence electrons. The fourth-order valence-corrected chi connectivity index (χ4v) is 3.83. The third-order valence-electron chi connectivity index (χ3n) is 5.56. The van der Waals surface area contributed by atoms with Crippen LogP contribution in [0, 0.1) is 0 Å². The molecule has 0 aliphatic heterocycles. The van der Waals surface area contributed by atoms with Gasteiger partial charge in [-0.1, -0.05) is 18.2 Å². The Morgan fingerprint density at radius 3 is 2.80 bits per heavy atom. The molecule has 30 heavy (non-hydrogen) atoms. The van der Waals surface area contributed by atoms with Gasteiger partial charge in [-0.15, -0.1) is 0 Å². The number of pyridine rings is 1. The van der Waals surface area contributed by atoms with Crippen LogP contribution in [0.5, 0.6) is 5.75 Å². The highest BCUT2D eigenvalue weighted by molar-refractivity contribution is 5.94. The number of rotatable bonds is 6. The zero-order chi connectivity index (χ0) is 20.7. The summed E-state index contributed by atoms with van der Waals surface area (Å²) in [6.07, 6.45) is 5.89. The number of methoxy groups -OCH3 is 1. The van der Waals surface area contributed by atoms with Crippen LogP contribution in [0.25, 0.3) is 16.9 Å². The van der Waals surface area contributed by atoms with Crippen molar-refractivity contribution < 1.29 is 9.53 Å². The van der Waals surface area contributed by atoms with E-state index in [4.69, 9.17) is 4.74 Å². The minimum atomic E-state index is -0.0143. The van der Waals surface area contributed by atoms with Gasteiger partial charge >= 0.3 is 0 Å². The SMILES string of the molecule is COc1ccccc1-c1cc(C(=O)N(Cc2cnc3ccccn23)C2CC2)n(C)n1. The second-order valence-corrected chi connectivity index (χ2v) is 7.58. The molecular formula is C23H23N5O2. The molecule has 7 heteroatoms. The normalized spacial score (nSPS) is 13.5. The monoisotopic (exact) mass is 401 g/mol. The number of ether oxygens (including phenoxy) is 1. The Balaban J connectivity index is 1.47. The Kier molecular flexibility index (Phi) is 4.50. The molecule has 3 aromatic heterocycles. The van der Waals surface area contributed by atoms with Crippen molar-refractivity contribution in [3.05, 3.63) is 72.3 Å². The lowest BCUT2D eigenvalue weighted by Gasteiger charge is -2.22. The Labute approximate surface area is 174 Å². The van der Waals surface area contributed by atoms with E-state index in [2.05, 4.69) is 10.1 Å². The number of fused-ring (bicyclic) bond motifs is 1. The second kappa shape index (κ2) is 7.33. The van der Waals surface area contributed by atoms with Gasteiger partial charge in [0.15, 0.2) is 0 Å². The molecule has 1 fully saturated rings. The van der Waals surface area contributed by atoms with Crippen LogP contribution in [0.1, 0.15) is 29.0 Å². The lowest BCUT2D eigenvalue weighted by Crippen LogP contribution is -2.34. The van der Waals surface area contributed by atoms with Gasteiger partial charge in [0.05, 0.1) is 31.2 Å². The molecule has 1 aromatic carbocycles. The number of nitrogens with zero attached hydrogens (tertiary/aromatic N) is 5. The molecule has 1 saturated carbocycles. The minimum absolute atomic E-state index is 0.0143.